The second-order valence-corrected chi connectivity index (χ2v) is 8.78. The molecule has 26 heavy (non-hydrogen) atoms. The zero-order valence-corrected chi connectivity index (χ0v) is 16.4. The van der Waals surface area contributed by atoms with Gasteiger partial charge in [-0.1, -0.05) is 26.2 Å². The highest BCUT2D eigenvalue weighted by atomic mass is 32.1. The maximum Gasteiger partial charge on any atom is 0.348 e. The number of amides is 1. The Kier molecular flexibility index (Phi) is 5.67. The minimum Gasteiger partial charge on any atom is -0.451 e. The minimum atomic E-state index is -0.750. The molecule has 0 spiro atoms. The molecule has 0 radical (unpaired) electrons. The van der Waals surface area contributed by atoms with Crippen LogP contribution in [-0.4, -0.2) is 36.0 Å². The van der Waals surface area contributed by atoms with E-state index in [1.807, 2.05) is 6.07 Å². The van der Waals surface area contributed by atoms with Crippen LogP contribution in [0.3, 0.4) is 0 Å². The van der Waals surface area contributed by atoms with E-state index < -0.39 is 11.5 Å². The third kappa shape index (κ3) is 3.78. The first-order valence-electron chi connectivity index (χ1n) is 9.42. The number of carbonyl (C=O) groups excluding carboxylic acids is 2. The summed E-state index contributed by atoms with van der Waals surface area (Å²) in [6, 6.07) is 4.24. The molecule has 3 rings (SSSR count). The van der Waals surface area contributed by atoms with Gasteiger partial charge in [-0.25, -0.2) is 4.79 Å². The SMILES string of the molecule is C[C@@H]1CCc2sc(C(=O)OCC(=O)N(C)C3(C#N)CCCCC3)cc2C1. The van der Waals surface area contributed by atoms with Crippen LogP contribution in [0.4, 0.5) is 0 Å². The number of carbonyl (C=O) groups is 2. The first kappa shape index (κ1) is 18.9. The van der Waals surface area contributed by atoms with Gasteiger partial charge in [-0.05, 0) is 49.7 Å². The fourth-order valence-electron chi connectivity index (χ4n) is 4.00. The maximum atomic E-state index is 12.5. The van der Waals surface area contributed by atoms with Crippen molar-refractivity contribution in [2.45, 2.75) is 63.8 Å². The van der Waals surface area contributed by atoms with Crippen LogP contribution in [0.2, 0.25) is 0 Å². The Morgan fingerprint density at radius 1 is 1.38 bits per heavy atom. The van der Waals surface area contributed by atoms with E-state index in [-0.39, 0.29) is 12.5 Å². The summed E-state index contributed by atoms with van der Waals surface area (Å²) in [7, 11) is 1.65. The first-order chi connectivity index (χ1) is 12.4. The molecule has 1 aromatic heterocycles. The molecule has 1 saturated carbocycles. The molecule has 1 aromatic rings. The number of nitriles is 1. The van der Waals surface area contributed by atoms with Crippen LogP contribution < -0.4 is 0 Å². The smallest absolute Gasteiger partial charge is 0.348 e. The van der Waals surface area contributed by atoms with Crippen LogP contribution in [0.1, 0.15) is 65.6 Å². The summed E-state index contributed by atoms with van der Waals surface area (Å²) in [4.78, 5) is 28.2. The van der Waals surface area contributed by atoms with Gasteiger partial charge in [0.2, 0.25) is 0 Å². The number of rotatable bonds is 4. The lowest BCUT2D eigenvalue weighted by atomic mass is 9.81. The Morgan fingerprint density at radius 2 is 2.12 bits per heavy atom. The van der Waals surface area contributed by atoms with Crippen LogP contribution in [0, 0.1) is 17.2 Å². The summed E-state index contributed by atoms with van der Waals surface area (Å²) in [5, 5.41) is 9.58. The molecule has 140 valence electrons. The molecule has 1 fully saturated rings. The van der Waals surface area contributed by atoms with Crippen molar-refractivity contribution in [1.82, 2.24) is 4.90 Å². The summed E-state index contributed by atoms with van der Waals surface area (Å²) < 4.78 is 5.27. The lowest BCUT2D eigenvalue weighted by Crippen LogP contribution is -2.51. The second-order valence-electron chi connectivity index (χ2n) is 7.64. The second kappa shape index (κ2) is 7.79. The number of esters is 1. The Bertz CT molecular complexity index is 728. The van der Waals surface area contributed by atoms with Crippen molar-refractivity contribution >= 4 is 23.2 Å². The third-order valence-corrected chi connectivity index (χ3v) is 6.98. The van der Waals surface area contributed by atoms with E-state index in [1.54, 1.807) is 7.05 Å². The molecule has 2 aliphatic carbocycles. The fraction of sp³-hybridized carbons (Fsp3) is 0.650. The van der Waals surface area contributed by atoms with Gasteiger partial charge >= 0.3 is 5.97 Å². The van der Waals surface area contributed by atoms with Crippen LogP contribution in [0.5, 0.6) is 0 Å². The Morgan fingerprint density at radius 3 is 2.81 bits per heavy atom. The van der Waals surface area contributed by atoms with Gasteiger partial charge in [0.05, 0.1) is 6.07 Å². The normalized spacial score (nSPS) is 21.3. The molecule has 0 unspecified atom stereocenters. The van der Waals surface area contributed by atoms with Crippen LogP contribution >= 0.6 is 11.3 Å². The molecule has 1 atom stereocenters. The van der Waals surface area contributed by atoms with Gasteiger partial charge in [-0.3, -0.25) is 4.79 Å². The molecular formula is C20H26N2O3S. The minimum absolute atomic E-state index is 0.308. The van der Waals surface area contributed by atoms with Gasteiger partial charge in [-0.15, -0.1) is 11.3 Å². The number of nitrogens with zero attached hydrogens (tertiary/aromatic N) is 2. The number of hydrogen-bond donors (Lipinski definition) is 0. The van der Waals surface area contributed by atoms with E-state index in [4.69, 9.17) is 4.74 Å². The summed E-state index contributed by atoms with van der Waals surface area (Å²) >= 11 is 1.49. The summed E-state index contributed by atoms with van der Waals surface area (Å²) in [6.07, 6.45) is 7.55. The van der Waals surface area contributed by atoms with Gasteiger partial charge in [0.15, 0.2) is 6.61 Å². The molecule has 0 bridgehead atoms. The van der Waals surface area contributed by atoms with E-state index >= 15 is 0 Å². The van der Waals surface area contributed by atoms with Crippen molar-refractivity contribution in [3.63, 3.8) is 0 Å². The average Bonchev–Trinajstić information content (AvgIpc) is 3.09. The number of likely N-dealkylation sites (N-methyl/N-ethyl adjacent to an activating group) is 1. The predicted octanol–water partition coefficient (Wildman–Crippen LogP) is 3.71. The van der Waals surface area contributed by atoms with Gasteiger partial charge in [-0.2, -0.15) is 5.26 Å². The van der Waals surface area contributed by atoms with Gasteiger partial charge in [0.1, 0.15) is 10.4 Å². The fourth-order valence-corrected chi connectivity index (χ4v) is 5.10. The molecule has 5 nitrogen and oxygen atoms in total. The lowest BCUT2D eigenvalue weighted by Gasteiger charge is -2.38. The van der Waals surface area contributed by atoms with E-state index in [1.165, 1.54) is 26.7 Å². The number of aryl methyl sites for hydroxylation is 1. The molecule has 2 aliphatic rings. The molecule has 0 saturated heterocycles. The quantitative estimate of drug-likeness (QED) is 0.753. The Balaban J connectivity index is 1.59. The number of fused-ring (bicyclic) bond motifs is 1. The molecule has 1 amide bonds. The molecule has 0 aliphatic heterocycles. The molecular weight excluding hydrogens is 348 g/mol. The zero-order chi connectivity index (χ0) is 18.7. The van der Waals surface area contributed by atoms with E-state index in [9.17, 15) is 14.9 Å². The van der Waals surface area contributed by atoms with Gasteiger partial charge in [0, 0.05) is 11.9 Å². The highest BCUT2D eigenvalue weighted by molar-refractivity contribution is 7.14. The predicted molar refractivity (Wildman–Crippen MR) is 100.0 cm³/mol. The monoisotopic (exact) mass is 374 g/mol. The molecule has 6 heteroatoms. The molecule has 1 heterocycles. The van der Waals surface area contributed by atoms with Crippen LogP contribution in [-0.2, 0) is 22.4 Å². The van der Waals surface area contributed by atoms with Crippen molar-refractivity contribution in [2.24, 2.45) is 5.92 Å². The van der Waals surface area contributed by atoms with E-state index in [0.717, 1.165) is 38.5 Å². The molecule has 0 N–H and O–H groups in total. The maximum absolute atomic E-state index is 12.5. The third-order valence-electron chi connectivity index (χ3n) is 5.76. The van der Waals surface area contributed by atoms with Crippen molar-refractivity contribution in [3.05, 3.63) is 21.4 Å². The van der Waals surface area contributed by atoms with Crippen molar-refractivity contribution in [3.8, 4) is 6.07 Å². The highest BCUT2D eigenvalue weighted by Gasteiger charge is 2.39. The summed E-state index contributed by atoms with van der Waals surface area (Å²) in [6.45, 7) is 1.92. The number of hydrogen-bond acceptors (Lipinski definition) is 5. The average molecular weight is 375 g/mol. The summed E-state index contributed by atoms with van der Waals surface area (Å²) in [5.74, 6) is -0.0981. The number of ether oxygens (including phenoxy) is 1. The van der Waals surface area contributed by atoms with Gasteiger partial charge in [0.25, 0.3) is 5.91 Å². The van der Waals surface area contributed by atoms with Gasteiger partial charge < -0.3 is 9.64 Å². The summed E-state index contributed by atoms with van der Waals surface area (Å²) in [5.41, 5.74) is 0.495. The Hall–Kier alpha value is -1.87. The zero-order valence-electron chi connectivity index (χ0n) is 15.5. The molecule has 0 aromatic carbocycles. The largest absolute Gasteiger partial charge is 0.451 e. The van der Waals surface area contributed by atoms with Crippen LogP contribution in [0.15, 0.2) is 6.07 Å². The highest BCUT2D eigenvalue weighted by Crippen LogP contribution is 2.33. The van der Waals surface area contributed by atoms with E-state index in [2.05, 4.69) is 13.0 Å². The standard InChI is InChI=1S/C20H26N2O3S/c1-14-6-7-16-15(10-14)11-17(26-16)19(24)25-12-18(23)22(2)20(13-21)8-4-3-5-9-20/h11,14H,3-10,12H2,1-2H3/t14-/m1/s1. The Labute approximate surface area is 158 Å². The van der Waals surface area contributed by atoms with Crippen molar-refractivity contribution in [1.29, 1.82) is 5.26 Å². The number of thiophene rings is 1. The lowest BCUT2D eigenvalue weighted by molar-refractivity contribution is -0.138. The topological polar surface area (TPSA) is 70.4 Å². The van der Waals surface area contributed by atoms with Crippen LogP contribution in [0.25, 0.3) is 0 Å². The van der Waals surface area contributed by atoms with E-state index in [0.29, 0.717) is 23.6 Å². The van der Waals surface area contributed by atoms with Crippen molar-refractivity contribution < 1.29 is 14.3 Å². The van der Waals surface area contributed by atoms with Crippen molar-refractivity contribution in [2.75, 3.05) is 13.7 Å². The first-order valence-corrected chi connectivity index (χ1v) is 10.2.